The van der Waals surface area contributed by atoms with Gasteiger partial charge >= 0.3 is 0 Å². The number of nitrogens with zero attached hydrogens (tertiary/aromatic N) is 2. The van der Waals surface area contributed by atoms with Crippen LogP contribution in [0.25, 0.3) is 0 Å². The Bertz CT molecular complexity index is 198. The molecule has 1 heterocycles. The lowest BCUT2D eigenvalue weighted by Crippen LogP contribution is -2.14. The Hall–Kier alpha value is -0.960. The van der Waals surface area contributed by atoms with Crippen LogP contribution in [-0.2, 0) is 6.54 Å². The molecule has 0 fully saturated rings. The molecule has 0 amide bonds. The standard InChI is InChI=1S/C9H15N3/c1-2-3-5-10-7-9-4-6-11-12-8-9/h4,6,8,10H,2-3,5,7H2,1H3. The highest BCUT2D eigenvalue weighted by Crippen LogP contribution is 1.92. The van der Waals surface area contributed by atoms with Crippen molar-refractivity contribution >= 4 is 0 Å². The van der Waals surface area contributed by atoms with Crippen LogP contribution in [0.1, 0.15) is 25.3 Å². The van der Waals surface area contributed by atoms with E-state index in [1.807, 2.05) is 6.07 Å². The summed E-state index contributed by atoms with van der Waals surface area (Å²) in [5.74, 6) is 0. The molecule has 0 aromatic carbocycles. The number of hydrogen-bond donors (Lipinski definition) is 1. The molecule has 1 aromatic rings. The van der Waals surface area contributed by atoms with Crippen molar-refractivity contribution in [2.75, 3.05) is 6.54 Å². The molecule has 0 radical (unpaired) electrons. The van der Waals surface area contributed by atoms with Gasteiger partial charge in [0.2, 0.25) is 0 Å². The van der Waals surface area contributed by atoms with Crippen molar-refractivity contribution in [3.8, 4) is 0 Å². The average Bonchev–Trinajstić information content (AvgIpc) is 2.14. The summed E-state index contributed by atoms with van der Waals surface area (Å²) in [5.41, 5.74) is 1.20. The van der Waals surface area contributed by atoms with Crippen molar-refractivity contribution in [2.24, 2.45) is 0 Å². The van der Waals surface area contributed by atoms with Gasteiger partial charge in [-0.15, -0.1) is 0 Å². The van der Waals surface area contributed by atoms with Crippen molar-refractivity contribution in [1.29, 1.82) is 0 Å². The van der Waals surface area contributed by atoms with E-state index in [-0.39, 0.29) is 0 Å². The van der Waals surface area contributed by atoms with Gasteiger partial charge in [0.1, 0.15) is 0 Å². The average molecular weight is 165 g/mol. The fourth-order valence-electron chi connectivity index (χ4n) is 0.957. The molecule has 0 saturated carbocycles. The summed E-state index contributed by atoms with van der Waals surface area (Å²) in [7, 11) is 0. The van der Waals surface area contributed by atoms with Crippen LogP contribution in [0, 0.1) is 0 Å². The van der Waals surface area contributed by atoms with E-state index in [1.165, 1.54) is 18.4 Å². The van der Waals surface area contributed by atoms with Gasteiger partial charge in [-0.1, -0.05) is 13.3 Å². The van der Waals surface area contributed by atoms with E-state index in [0.717, 1.165) is 13.1 Å². The van der Waals surface area contributed by atoms with Gasteiger partial charge in [0, 0.05) is 12.7 Å². The van der Waals surface area contributed by atoms with Crippen LogP contribution in [0.3, 0.4) is 0 Å². The summed E-state index contributed by atoms with van der Waals surface area (Å²) in [5, 5.41) is 10.8. The highest BCUT2D eigenvalue weighted by molar-refractivity contribution is 5.04. The van der Waals surface area contributed by atoms with E-state index in [4.69, 9.17) is 0 Å². The Balaban J connectivity index is 2.16. The number of nitrogens with one attached hydrogen (secondary N) is 1. The van der Waals surface area contributed by atoms with E-state index in [9.17, 15) is 0 Å². The van der Waals surface area contributed by atoms with Crippen LogP contribution in [0.4, 0.5) is 0 Å². The van der Waals surface area contributed by atoms with Gasteiger partial charge in [0.05, 0.1) is 6.20 Å². The third-order valence-corrected chi connectivity index (χ3v) is 1.68. The Labute approximate surface area is 73.2 Å². The Morgan fingerprint density at radius 2 is 2.33 bits per heavy atom. The van der Waals surface area contributed by atoms with Crippen LogP contribution in [0.15, 0.2) is 18.5 Å². The number of rotatable bonds is 5. The molecule has 0 aliphatic heterocycles. The zero-order chi connectivity index (χ0) is 8.65. The maximum atomic E-state index is 3.79. The summed E-state index contributed by atoms with van der Waals surface area (Å²) < 4.78 is 0. The molecule has 0 aliphatic rings. The molecule has 66 valence electrons. The predicted molar refractivity (Wildman–Crippen MR) is 48.6 cm³/mol. The highest BCUT2D eigenvalue weighted by Gasteiger charge is 1.90. The second-order valence-corrected chi connectivity index (χ2v) is 2.78. The molecule has 0 saturated heterocycles. The molecular weight excluding hydrogens is 150 g/mol. The first-order chi connectivity index (χ1) is 5.93. The Kier molecular flexibility index (Phi) is 4.31. The Morgan fingerprint density at radius 1 is 1.42 bits per heavy atom. The lowest BCUT2D eigenvalue weighted by Gasteiger charge is -2.01. The lowest BCUT2D eigenvalue weighted by atomic mass is 10.3. The van der Waals surface area contributed by atoms with E-state index < -0.39 is 0 Å². The Morgan fingerprint density at radius 3 is 3.00 bits per heavy atom. The fourth-order valence-corrected chi connectivity index (χ4v) is 0.957. The maximum absolute atomic E-state index is 3.79. The first kappa shape index (κ1) is 9.13. The SMILES string of the molecule is CCCCNCc1ccnnc1. The smallest absolute Gasteiger partial charge is 0.0541 e. The molecule has 0 unspecified atom stereocenters. The second kappa shape index (κ2) is 5.66. The molecular formula is C9H15N3. The van der Waals surface area contributed by atoms with E-state index in [1.54, 1.807) is 12.4 Å². The molecule has 1 rings (SSSR count). The number of aromatic nitrogens is 2. The van der Waals surface area contributed by atoms with Crippen LogP contribution in [0.5, 0.6) is 0 Å². The molecule has 3 heteroatoms. The van der Waals surface area contributed by atoms with Gasteiger partial charge in [-0.05, 0) is 24.6 Å². The minimum absolute atomic E-state index is 0.898. The van der Waals surface area contributed by atoms with Crippen molar-refractivity contribution in [1.82, 2.24) is 15.5 Å². The third-order valence-electron chi connectivity index (χ3n) is 1.68. The molecule has 12 heavy (non-hydrogen) atoms. The minimum atomic E-state index is 0.898. The van der Waals surface area contributed by atoms with E-state index in [2.05, 4.69) is 22.4 Å². The molecule has 0 aliphatic carbocycles. The fraction of sp³-hybridized carbons (Fsp3) is 0.556. The first-order valence-corrected chi connectivity index (χ1v) is 4.39. The quantitative estimate of drug-likeness (QED) is 0.669. The largest absolute Gasteiger partial charge is 0.313 e. The summed E-state index contributed by atoms with van der Waals surface area (Å²) in [6.45, 7) is 4.17. The summed E-state index contributed by atoms with van der Waals surface area (Å²) in [4.78, 5) is 0. The van der Waals surface area contributed by atoms with Crippen LogP contribution >= 0.6 is 0 Å². The zero-order valence-corrected chi connectivity index (χ0v) is 7.45. The number of unbranched alkanes of at least 4 members (excludes halogenated alkanes) is 1. The first-order valence-electron chi connectivity index (χ1n) is 4.39. The third kappa shape index (κ3) is 3.44. The normalized spacial score (nSPS) is 10.1. The van der Waals surface area contributed by atoms with Crippen molar-refractivity contribution < 1.29 is 0 Å². The van der Waals surface area contributed by atoms with Crippen molar-refractivity contribution in [2.45, 2.75) is 26.3 Å². The zero-order valence-electron chi connectivity index (χ0n) is 7.45. The van der Waals surface area contributed by atoms with Crippen LogP contribution in [0.2, 0.25) is 0 Å². The van der Waals surface area contributed by atoms with Gasteiger partial charge in [-0.2, -0.15) is 10.2 Å². The van der Waals surface area contributed by atoms with Crippen molar-refractivity contribution in [3.05, 3.63) is 24.0 Å². The second-order valence-electron chi connectivity index (χ2n) is 2.78. The summed E-state index contributed by atoms with van der Waals surface area (Å²) in [6, 6.07) is 1.98. The predicted octanol–water partition coefficient (Wildman–Crippen LogP) is 1.37. The van der Waals surface area contributed by atoms with Crippen LogP contribution < -0.4 is 5.32 Å². The minimum Gasteiger partial charge on any atom is -0.313 e. The van der Waals surface area contributed by atoms with Gasteiger partial charge in [-0.25, -0.2) is 0 Å². The molecule has 0 atom stereocenters. The summed E-state index contributed by atoms with van der Waals surface area (Å²) in [6.07, 6.45) is 5.98. The lowest BCUT2D eigenvalue weighted by molar-refractivity contribution is 0.639. The highest BCUT2D eigenvalue weighted by atomic mass is 15.1. The maximum Gasteiger partial charge on any atom is 0.0541 e. The van der Waals surface area contributed by atoms with E-state index in [0.29, 0.717) is 0 Å². The van der Waals surface area contributed by atoms with Gasteiger partial charge in [-0.3, -0.25) is 0 Å². The molecule has 0 bridgehead atoms. The molecule has 1 N–H and O–H groups in total. The van der Waals surface area contributed by atoms with Gasteiger partial charge in [0.15, 0.2) is 0 Å². The van der Waals surface area contributed by atoms with Crippen molar-refractivity contribution in [3.63, 3.8) is 0 Å². The van der Waals surface area contributed by atoms with E-state index >= 15 is 0 Å². The number of hydrogen-bond acceptors (Lipinski definition) is 3. The van der Waals surface area contributed by atoms with Gasteiger partial charge < -0.3 is 5.32 Å². The topological polar surface area (TPSA) is 37.8 Å². The van der Waals surface area contributed by atoms with Crippen LogP contribution in [-0.4, -0.2) is 16.7 Å². The molecule has 1 aromatic heterocycles. The molecule has 3 nitrogen and oxygen atoms in total. The monoisotopic (exact) mass is 165 g/mol. The van der Waals surface area contributed by atoms with Gasteiger partial charge in [0.25, 0.3) is 0 Å². The molecule has 0 spiro atoms. The summed E-state index contributed by atoms with van der Waals surface area (Å²) >= 11 is 0.